The van der Waals surface area contributed by atoms with Crippen molar-refractivity contribution in [1.82, 2.24) is 0 Å². The number of carbonyl (C=O) groups is 1. The molecule has 20 heavy (non-hydrogen) atoms. The van der Waals surface area contributed by atoms with Crippen molar-refractivity contribution in [2.45, 2.75) is 32.2 Å². The number of esters is 1. The summed E-state index contributed by atoms with van der Waals surface area (Å²) in [6.07, 6.45) is 0. The Labute approximate surface area is 119 Å². The first-order valence-corrected chi connectivity index (χ1v) is 6.27. The Morgan fingerprint density at radius 3 is 1.80 bits per heavy atom. The van der Waals surface area contributed by atoms with E-state index in [9.17, 15) is 4.79 Å². The van der Waals surface area contributed by atoms with Gasteiger partial charge in [-0.25, -0.2) is 4.79 Å². The first-order valence-electron chi connectivity index (χ1n) is 6.27. The Hall–Kier alpha value is -1.59. The number of rotatable bonds is 5. The van der Waals surface area contributed by atoms with Gasteiger partial charge in [-0.05, 0) is 45.0 Å². The second-order valence-electron chi connectivity index (χ2n) is 5.26. The smallest absolute Gasteiger partial charge is 0.371 e. The molecule has 5 heteroatoms. The van der Waals surface area contributed by atoms with Crippen LogP contribution in [0.25, 0.3) is 0 Å². The van der Waals surface area contributed by atoms with Crippen LogP contribution in [-0.2, 0) is 24.8 Å². The van der Waals surface area contributed by atoms with Crippen LogP contribution in [0.1, 0.15) is 26.3 Å². The Morgan fingerprint density at radius 2 is 1.45 bits per heavy atom. The Bertz CT molecular complexity index is 440. The van der Waals surface area contributed by atoms with Gasteiger partial charge in [-0.3, -0.25) is 0 Å². The van der Waals surface area contributed by atoms with Gasteiger partial charge in [0.1, 0.15) is 11.4 Å². The molecule has 0 aliphatic rings. The first kappa shape index (κ1) is 16.5. The molecule has 0 fully saturated rings. The van der Waals surface area contributed by atoms with E-state index in [1.54, 1.807) is 24.3 Å². The van der Waals surface area contributed by atoms with Crippen molar-refractivity contribution in [3.63, 3.8) is 0 Å². The van der Waals surface area contributed by atoms with Crippen molar-refractivity contribution in [3.8, 4) is 5.75 Å². The molecule has 5 nitrogen and oxygen atoms in total. The average molecular weight is 282 g/mol. The highest BCUT2D eigenvalue weighted by Crippen LogP contribution is 2.29. The van der Waals surface area contributed by atoms with Gasteiger partial charge in [0.2, 0.25) is 0 Å². The maximum Gasteiger partial charge on any atom is 0.371 e. The van der Waals surface area contributed by atoms with Crippen LogP contribution in [-0.4, -0.2) is 32.9 Å². The minimum Gasteiger partial charge on any atom is -0.488 e. The van der Waals surface area contributed by atoms with Crippen molar-refractivity contribution < 1.29 is 23.7 Å². The van der Waals surface area contributed by atoms with Gasteiger partial charge in [0.05, 0.1) is 7.11 Å². The second-order valence-corrected chi connectivity index (χ2v) is 5.26. The molecular weight excluding hydrogens is 260 g/mol. The minimum atomic E-state index is -1.56. The van der Waals surface area contributed by atoms with Crippen LogP contribution in [0.4, 0.5) is 0 Å². The standard InChI is InChI=1S/C15H22O5/c1-14(2,3)20-12-9-7-11(8-10-12)15(18-5,19-6)13(16)17-4/h7-10H,1-6H3. The molecule has 0 saturated heterocycles. The number of benzene rings is 1. The maximum absolute atomic E-state index is 11.9. The Balaban J connectivity index is 3.09. The molecule has 0 N–H and O–H groups in total. The number of hydrogen-bond acceptors (Lipinski definition) is 5. The van der Waals surface area contributed by atoms with Crippen LogP contribution in [0, 0.1) is 0 Å². The summed E-state index contributed by atoms with van der Waals surface area (Å²) in [5.41, 5.74) is 0.249. The highest BCUT2D eigenvalue weighted by atomic mass is 16.7. The van der Waals surface area contributed by atoms with E-state index < -0.39 is 11.8 Å². The van der Waals surface area contributed by atoms with Crippen molar-refractivity contribution in [1.29, 1.82) is 0 Å². The summed E-state index contributed by atoms with van der Waals surface area (Å²) >= 11 is 0. The van der Waals surface area contributed by atoms with Crippen LogP contribution in [0.15, 0.2) is 24.3 Å². The average Bonchev–Trinajstić information content (AvgIpc) is 2.40. The molecular formula is C15H22O5. The molecule has 0 unspecified atom stereocenters. The molecule has 1 aromatic carbocycles. The highest BCUT2D eigenvalue weighted by molar-refractivity contribution is 5.79. The minimum absolute atomic E-state index is 0.288. The third-order valence-electron chi connectivity index (χ3n) is 2.69. The molecule has 0 heterocycles. The van der Waals surface area contributed by atoms with Crippen molar-refractivity contribution >= 4 is 5.97 Å². The van der Waals surface area contributed by atoms with Gasteiger partial charge in [-0.1, -0.05) is 0 Å². The molecule has 0 aliphatic heterocycles. The lowest BCUT2D eigenvalue weighted by molar-refractivity contribution is -0.233. The van der Waals surface area contributed by atoms with Crippen LogP contribution < -0.4 is 4.74 Å². The summed E-state index contributed by atoms with van der Waals surface area (Å²) in [7, 11) is 4.06. The molecule has 112 valence electrons. The zero-order chi connectivity index (χ0) is 15.4. The molecule has 0 amide bonds. The normalized spacial score (nSPS) is 12.1. The van der Waals surface area contributed by atoms with Gasteiger partial charge in [-0.15, -0.1) is 0 Å². The van der Waals surface area contributed by atoms with Crippen LogP contribution in [0.2, 0.25) is 0 Å². The fourth-order valence-electron chi connectivity index (χ4n) is 1.83. The molecule has 0 aromatic heterocycles. The Morgan fingerprint density at radius 1 is 0.950 bits per heavy atom. The summed E-state index contributed by atoms with van der Waals surface area (Å²) < 4.78 is 20.9. The van der Waals surface area contributed by atoms with E-state index >= 15 is 0 Å². The molecule has 0 saturated carbocycles. The van der Waals surface area contributed by atoms with Gasteiger partial charge >= 0.3 is 5.97 Å². The van der Waals surface area contributed by atoms with Gasteiger partial charge < -0.3 is 18.9 Å². The third-order valence-corrected chi connectivity index (χ3v) is 2.69. The molecule has 0 atom stereocenters. The first-order chi connectivity index (χ1) is 9.29. The summed E-state index contributed by atoms with van der Waals surface area (Å²) in [5.74, 6) is -1.48. The highest BCUT2D eigenvalue weighted by Gasteiger charge is 2.42. The van der Waals surface area contributed by atoms with Gasteiger partial charge in [0, 0.05) is 19.8 Å². The van der Waals surface area contributed by atoms with E-state index in [0.29, 0.717) is 11.3 Å². The van der Waals surface area contributed by atoms with Crippen molar-refractivity contribution in [3.05, 3.63) is 29.8 Å². The van der Waals surface area contributed by atoms with E-state index in [-0.39, 0.29) is 5.60 Å². The van der Waals surface area contributed by atoms with E-state index in [1.165, 1.54) is 21.3 Å². The van der Waals surface area contributed by atoms with Crippen LogP contribution >= 0.6 is 0 Å². The number of hydrogen-bond donors (Lipinski definition) is 0. The maximum atomic E-state index is 11.9. The van der Waals surface area contributed by atoms with Crippen LogP contribution in [0.3, 0.4) is 0 Å². The summed E-state index contributed by atoms with van der Waals surface area (Å²) in [5, 5.41) is 0. The summed E-state index contributed by atoms with van der Waals surface area (Å²) in [6.45, 7) is 5.89. The van der Waals surface area contributed by atoms with Crippen LogP contribution in [0.5, 0.6) is 5.75 Å². The van der Waals surface area contributed by atoms with Gasteiger partial charge in [0.15, 0.2) is 0 Å². The fraction of sp³-hybridized carbons (Fsp3) is 0.533. The van der Waals surface area contributed by atoms with Gasteiger partial charge in [0.25, 0.3) is 5.79 Å². The fourth-order valence-corrected chi connectivity index (χ4v) is 1.83. The summed E-state index contributed by atoms with van der Waals surface area (Å²) in [4.78, 5) is 11.9. The molecule has 1 aromatic rings. The lowest BCUT2D eigenvalue weighted by atomic mass is 10.1. The topological polar surface area (TPSA) is 54.0 Å². The predicted octanol–water partition coefficient (Wildman–Crippen LogP) is 2.48. The number of methoxy groups -OCH3 is 3. The van der Waals surface area contributed by atoms with Gasteiger partial charge in [-0.2, -0.15) is 0 Å². The largest absolute Gasteiger partial charge is 0.488 e. The van der Waals surface area contributed by atoms with E-state index in [1.807, 2.05) is 20.8 Å². The molecule has 0 bridgehead atoms. The molecule has 1 rings (SSSR count). The lowest BCUT2D eigenvalue weighted by Crippen LogP contribution is -2.40. The monoisotopic (exact) mass is 282 g/mol. The number of ether oxygens (including phenoxy) is 4. The molecule has 0 radical (unpaired) electrons. The predicted molar refractivity (Wildman–Crippen MR) is 74.5 cm³/mol. The number of carbonyl (C=O) groups excluding carboxylic acids is 1. The Kier molecular flexibility index (Phi) is 5.14. The second kappa shape index (κ2) is 6.24. The van der Waals surface area contributed by atoms with Crippen molar-refractivity contribution in [2.75, 3.05) is 21.3 Å². The van der Waals surface area contributed by atoms with E-state index in [0.717, 1.165) is 0 Å². The quantitative estimate of drug-likeness (QED) is 0.613. The van der Waals surface area contributed by atoms with E-state index in [2.05, 4.69) is 0 Å². The zero-order valence-electron chi connectivity index (χ0n) is 12.9. The lowest BCUT2D eigenvalue weighted by Gasteiger charge is -2.28. The summed E-state index contributed by atoms with van der Waals surface area (Å²) in [6, 6.07) is 6.95. The van der Waals surface area contributed by atoms with E-state index in [4.69, 9.17) is 18.9 Å². The SMILES string of the molecule is COC(=O)C(OC)(OC)c1ccc(OC(C)(C)C)cc1. The molecule has 0 aliphatic carbocycles. The third kappa shape index (κ3) is 3.49. The van der Waals surface area contributed by atoms with Crippen molar-refractivity contribution in [2.24, 2.45) is 0 Å². The zero-order valence-corrected chi connectivity index (χ0v) is 12.9. The molecule has 0 spiro atoms.